The lowest BCUT2D eigenvalue weighted by Crippen LogP contribution is -2.42. The minimum atomic E-state index is -0.975. The Hall–Kier alpha value is -1.69. The van der Waals surface area contributed by atoms with Crippen LogP contribution in [0.15, 0.2) is 4.79 Å². The van der Waals surface area contributed by atoms with Crippen molar-refractivity contribution in [2.45, 2.75) is 39.7 Å². The van der Waals surface area contributed by atoms with Gasteiger partial charge in [-0.1, -0.05) is 6.92 Å². The maximum Gasteiger partial charge on any atom is 0.279 e. The molecular formula is C13H21N3O3. The summed E-state index contributed by atoms with van der Waals surface area (Å²) in [5.41, 5.74) is -0.124. The fraction of sp³-hybridized carbons (Fsp3) is 0.615. The number of hydrogen-bond acceptors (Lipinski definition) is 4. The molecule has 1 rings (SSSR count). The summed E-state index contributed by atoms with van der Waals surface area (Å²) < 4.78 is 1.15. The van der Waals surface area contributed by atoms with Gasteiger partial charge < -0.3 is 10.4 Å². The second kappa shape index (κ2) is 5.52. The lowest BCUT2D eigenvalue weighted by Gasteiger charge is -2.21. The van der Waals surface area contributed by atoms with Crippen LogP contribution >= 0.6 is 0 Å². The van der Waals surface area contributed by atoms with E-state index in [1.807, 2.05) is 6.92 Å². The number of aliphatic hydroxyl groups is 1. The summed E-state index contributed by atoms with van der Waals surface area (Å²) in [5, 5.41) is 16.5. The summed E-state index contributed by atoms with van der Waals surface area (Å²) >= 11 is 0. The third-order valence-electron chi connectivity index (χ3n) is 3.34. The molecule has 106 valence electrons. The van der Waals surface area contributed by atoms with Gasteiger partial charge in [0.2, 0.25) is 0 Å². The second-order valence-electron chi connectivity index (χ2n) is 5.05. The molecule has 0 spiro atoms. The molecule has 6 heteroatoms. The number of rotatable bonds is 4. The first-order chi connectivity index (χ1) is 8.69. The smallest absolute Gasteiger partial charge is 0.279 e. The van der Waals surface area contributed by atoms with E-state index < -0.39 is 17.1 Å². The van der Waals surface area contributed by atoms with Crippen molar-refractivity contribution < 1.29 is 9.90 Å². The molecule has 6 nitrogen and oxygen atoms in total. The van der Waals surface area contributed by atoms with E-state index in [4.69, 9.17) is 0 Å². The molecule has 1 unspecified atom stereocenters. The van der Waals surface area contributed by atoms with Gasteiger partial charge in [0.05, 0.1) is 11.3 Å². The van der Waals surface area contributed by atoms with Crippen LogP contribution in [-0.2, 0) is 7.05 Å². The van der Waals surface area contributed by atoms with Crippen molar-refractivity contribution in [1.29, 1.82) is 0 Å². The number of nitrogens with zero attached hydrogens (tertiary/aromatic N) is 2. The van der Waals surface area contributed by atoms with Gasteiger partial charge in [0.1, 0.15) is 5.56 Å². The molecule has 0 saturated heterocycles. The Morgan fingerprint density at radius 2 is 2.05 bits per heavy atom. The predicted molar refractivity (Wildman–Crippen MR) is 72.2 cm³/mol. The maximum absolute atomic E-state index is 12.1. The Morgan fingerprint density at radius 3 is 2.58 bits per heavy atom. The quantitative estimate of drug-likeness (QED) is 0.821. The van der Waals surface area contributed by atoms with Crippen LogP contribution < -0.4 is 10.9 Å². The zero-order valence-corrected chi connectivity index (χ0v) is 12.1. The predicted octanol–water partition coefficient (Wildman–Crippen LogP) is 0.288. The highest BCUT2D eigenvalue weighted by atomic mass is 16.3. The number of aromatic nitrogens is 2. The Labute approximate surface area is 112 Å². The van der Waals surface area contributed by atoms with Gasteiger partial charge in [0, 0.05) is 13.6 Å². The molecular weight excluding hydrogens is 246 g/mol. The number of carbonyl (C=O) groups is 1. The summed E-state index contributed by atoms with van der Waals surface area (Å²) in [5.74, 6) is -0.475. The molecule has 0 radical (unpaired) electrons. The van der Waals surface area contributed by atoms with Crippen molar-refractivity contribution in [3.05, 3.63) is 27.2 Å². The van der Waals surface area contributed by atoms with Crippen LogP contribution in [0.5, 0.6) is 0 Å². The summed E-state index contributed by atoms with van der Waals surface area (Å²) in [6.45, 7) is 7.00. The van der Waals surface area contributed by atoms with Gasteiger partial charge in [-0.05, 0) is 32.8 Å². The second-order valence-corrected chi connectivity index (χ2v) is 5.05. The molecule has 1 atom stereocenters. The fourth-order valence-corrected chi connectivity index (χ4v) is 1.60. The molecule has 0 bridgehead atoms. The SMILES string of the molecule is CCC(C)(O)CNC(=O)c1c(C)c(C)nn(C)c1=O. The largest absolute Gasteiger partial charge is 0.388 e. The summed E-state index contributed by atoms with van der Waals surface area (Å²) in [6.07, 6.45) is 0.514. The molecule has 1 heterocycles. The Morgan fingerprint density at radius 1 is 1.47 bits per heavy atom. The van der Waals surface area contributed by atoms with Crippen molar-refractivity contribution in [3.63, 3.8) is 0 Å². The molecule has 0 aliphatic heterocycles. The lowest BCUT2D eigenvalue weighted by atomic mass is 10.0. The van der Waals surface area contributed by atoms with Gasteiger partial charge in [0.15, 0.2) is 0 Å². The van der Waals surface area contributed by atoms with E-state index in [1.54, 1.807) is 20.8 Å². The van der Waals surface area contributed by atoms with Gasteiger partial charge in [-0.25, -0.2) is 4.68 Å². The van der Waals surface area contributed by atoms with Gasteiger partial charge in [-0.2, -0.15) is 5.10 Å². The highest BCUT2D eigenvalue weighted by Gasteiger charge is 2.22. The topological polar surface area (TPSA) is 84.2 Å². The minimum Gasteiger partial charge on any atom is -0.388 e. The fourth-order valence-electron chi connectivity index (χ4n) is 1.60. The van der Waals surface area contributed by atoms with E-state index >= 15 is 0 Å². The van der Waals surface area contributed by atoms with Gasteiger partial charge >= 0.3 is 0 Å². The monoisotopic (exact) mass is 267 g/mol. The van der Waals surface area contributed by atoms with Crippen LogP contribution in [0.3, 0.4) is 0 Å². The standard InChI is InChI=1S/C13H21N3O3/c1-6-13(4,19)7-14-11(17)10-8(2)9(3)15-16(5)12(10)18/h19H,6-7H2,1-5H3,(H,14,17). The van der Waals surface area contributed by atoms with Crippen LogP contribution in [-0.4, -0.2) is 32.9 Å². The van der Waals surface area contributed by atoms with Crippen molar-refractivity contribution in [3.8, 4) is 0 Å². The number of aryl methyl sites for hydroxylation is 2. The normalized spacial score (nSPS) is 14.0. The zero-order chi connectivity index (χ0) is 14.8. The van der Waals surface area contributed by atoms with Crippen LogP contribution in [0, 0.1) is 13.8 Å². The van der Waals surface area contributed by atoms with E-state index in [-0.39, 0.29) is 12.1 Å². The van der Waals surface area contributed by atoms with E-state index in [9.17, 15) is 14.7 Å². The Bertz CT molecular complexity index is 547. The highest BCUT2D eigenvalue weighted by molar-refractivity contribution is 5.95. The van der Waals surface area contributed by atoms with Crippen LogP contribution in [0.4, 0.5) is 0 Å². The van der Waals surface area contributed by atoms with Crippen molar-refractivity contribution >= 4 is 5.91 Å². The van der Waals surface area contributed by atoms with Gasteiger partial charge in [-0.15, -0.1) is 0 Å². The molecule has 0 saturated carbocycles. The van der Waals surface area contributed by atoms with Gasteiger partial charge in [-0.3, -0.25) is 9.59 Å². The first kappa shape index (κ1) is 15.4. The van der Waals surface area contributed by atoms with Crippen molar-refractivity contribution in [1.82, 2.24) is 15.1 Å². The Balaban J connectivity index is 3.05. The lowest BCUT2D eigenvalue weighted by molar-refractivity contribution is 0.0517. The molecule has 0 aliphatic carbocycles. The Kier molecular flexibility index (Phi) is 4.47. The first-order valence-corrected chi connectivity index (χ1v) is 6.24. The van der Waals surface area contributed by atoms with Crippen molar-refractivity contribution in [2.24, 2.45) is 7.05 Å². The number of hydrogen-bond donors (Lipinski definition) is 2. The minimum absolute atomic E-state index is 0.0851. The van der Waals surface area contributed by atoms with Gasteiger partial charge in [0.25, 0.3) is 11.5 Å². The average Bonchev–Trinajstić information content (AvgIpc) is 2.34. The molecule has 1 amide bonds. The third kappa shape index (κ3) is 3.41. The molecule has 19 heavy (non-hydrogen) atoms. The summed E-state index contributed by atoms with van der Waals surface area (Å²) in [7, 11) is 1.51. The molecule has 0 aromatic carbocycles. The zero-order valence-electron chi connectivity index (χ0n) is 12.1. The van der Waals surface area contributed by atoms with E-state index in [1.165, 1.54) is 7.05 Å². The highest BCUT2D eigenvalue weighted by Crippen LogP contribution is 2.08. The van der Waals surface area contributed by atoms with Crippen LogP contribution in [0.2, 0.25) is 0 Å². The molecule has 2 N–H and O–H groups in total. The van der Waals surface area contributed by atoms with E-state index in [0.29, 0.717) is 17.7 Å². The number of nitrogens with one attached hydrogen (secondary N) is 1. The summed E-state index contributed by atoms with van der Waals surface area (Å²) in [4.78, 5) is 24.0. The number of carbonyl (C=O) groups excluding carboxylic acids is 1. The van der Waals surface area contributed by atoms with Crippen molar-refractivity contribution in [2.75, 3.05) is 6.54 Å². The maximum atomic E-state index is 12.1. The van der Waals surface area contributed by atoms with E-state index in [2.05, 4.69) is 10.4 Å². The molecule has 0 fully saturated rings. The first-order valence-electron chi connectivity index (χ1n) is 6.24. The molecule has 1 aromatic rings. The third-order valence-corrected chi connectivity index (χ3v) is 3.34. The number of amides is 1. The average molecular weight is 267 g/mol. The molecule has 1 aromatic heterocycles. The van der Waals surface area contributed by atoms with Crippen LogP contribution in [0.25, 0.3) is 0 Å². The summed E-state index contributed by atoms with van der Waals surface area (Å²) in [6, 6.07) is 0. The van der Waals surface area contributed by atoms with Crippen LogP contribution in [0.1, 0.15) is 41.9 Å². The molecule has 0 aliphatic rings. The van der Waals surface area contributed by atoms with E-state index in [0.717, 1.165) is 4.68 Å².